The fourth-order valence-electron chi connectivity index (χ4n) is 10.0. The molecule has 1 radical (unpaired) electrons. The van der Waals surface area contributed by atoms with Crippen LogP contribution < -0.4 is 5.19 Å². The molecule has 0 fully saturated rings. The average molecular weight is 826 g/mol. The summed E-state index contributed by atoms with van der Waals surface area (Å²) in [5.41, 5.74) is 19.6. The van der Waals surface area contributed by atoms with E-state index in [4.69, 9.17) is 4.74 Å². The molecule has 2 aliphatic rings. The minimum absolute atomic E-state index is 0.0723. The summed E-state index contributed by atoms with van der Waals surface area (Å²) in [4.78, 5) is 0. The summed E-state index contributed by atoms with van der Waals surface area (Å²) in [6.07, 6.45) is 8.48. The lowest BCUT2D eigenvalue weighted by Crippen LogP contribution is -2.38. The number of hydrogen-bond donors (Lipinski definition) is 0. The Morgan fingerprint density at radius 2 is 1.15 bits per heavy atom. The van der Waals surface area contributed by atoms with Crippen LogP contribution in [0, 0.1) is 5.92 Å². The molecule has 0 aliphatic heterocycles. The van der Waals surface area contributed by atoms with E-state index in [2.05, 4.69) is 204 Å². The summed E-state index contributed by atoms with van der Waals surface area (Å²) in [7, 11) is -1.18. The summed E-state index contributed by atoms with van der Waals surface area (Å²) in [5, 5.41) is 1.55. The van der Waals surface area contributed by atoms with Gasteiger partial charge in [0.15, 0.2) is 0 Å². The molecule has 0 heterocycles. The smallest absolute Gasteiger partial charge is 0.0989 e. The van der Waals surface area contributed by atoms with E-state index in [9.17, 15) is 0 Å². The fraction of sp³-hybridized carbons (Fsp3) is 0.424. The van der Waals surface area contributed by atoms with E-state index in [1.807, 2.05) is 0 Å². The van der Waals surface area contributed by atoms with Gasteiger partial charge in [-0.2, -0.15) is 0 Å². The molecule has 1 nitrogen and oxygen atoms in total. The number of unbranched alkanes of at least 4 members (excludes halogenated alkanes) is 3. The third-order valence-corrected chi connectivity index (χ3v) is 16.8. The minimum Gasteiger partial charge on any atom is -0.376 e. The van der Waals surface area contributed by atoms with Crippen molar-refractivity contribution in [1.82, 2.24) is 0 Å². The molecular formula is C59H73OSi. The quantitative estimate of drug-likeness (QED) is 0.0800. The first kappa shape index (κ1) is 44.8. The Kier molecular flexibility index (Phi) is 13.4. The molecule has 319 valence electrons. The molecule has 2 unspecified atom stereocenters. The van der Waals surface area contributed by atoms with Crippen LogP contribution in [0.25, 0.3) is 33.9 Å². The molecule has 0 bridgehead atoms. The fourth-order valence-corrected chi connectivity index (χ4v) is 13.7. The van der Waals surface area contributed by atoms with Crippen molar-refractivity contribution < 1.29 is 4.74 Å². The molecule has 2 atom stereocenters. The molecule has 7 rings (SSSR count). The SMILES string of the molecule is CC1=C(CCCCCCOC(C)(C)C)c2c(-c3ccc(C(C)(C)C)cc3)cccc2C1[Si](CC1C(C(C)C)=Cc2c(-c3ccc(C(C)(C)C)cc3)cccc21)c1ccccc1. The minimum atomic E-state index is -1.18. The Balaban J connectivity index is 1.29. The molecule has 2 aliphatic carbocycles. The Hall–Kier alpha value is -4.24. The lowest BCUT2D eigenvalue weighted by Gasteiger charge is -2.30. The van der Waals surface area contributed by atoms with Crippen LogP contribution in [-0.4, -0.2) is 21.0 Å². The van der Waals surface area contributed by atoms with Crippen LogP contribution in [-0.2, 0) is 15.6 Å². The van der Waals surface area contributed by atoms with Gasteiger partial charge in [0.1, 0.15) is 0 Å². The predicted molar refractivity (Wildman–Crippen MR) is 267 cm³/mol. The molecule has 0 aromatic heterocycles. The van der Waals surface area contributed by atoms with Crippen molar-refractivity contribution in [3.05, 3.63) is 160 Å². The van der Waals surface area contributed by atoms with E-state index in [0.717, 1.165) is 19.4 Å². The van der Waals surface area contributed by atoms with Gasteiger partial charge in [-0.05, 0) is 131 Å². The molecule has 5 aromatic carbocycles. The second kappa shape index (κ2) is 18.2. The highest BCUT2D eigenvalue weighted by molar-refractivity contribution is 6.75. The van der Waals surface area contributed by atoms with Crippen LogP contribution in [0.4, 0.5) is 0 Å². The number of ether oxygens (including phenoxy) is 1. The van der Waals surface area contributed by atoms with Gasteiger partial charge >= 0.3 is 0 Å². The van der Waals surface area contributed by atoms with Crippen LogP contribution in [0.1, 0.15) is 160 Å². The van der Waals surface area contributed by atoms with Crippen LogP contribution in [0.5, 0.6) is 0 Å². The van der Waals surface area contributed by atoms with Crippen molar-refractivity contribution in [3.8, 4) is 22.3 Å². The number of benzene rings is 5. The highest BCUT2D eigenvalue weighted by Gasteiger charge is 2.41. The molecule has 2 heteroatoms. The second-order valence-corrected chi connectivity index (χ2v) is 24.0. The van der Waals surface area contributed by atoms with Gasteiger partial charge in [0.25, 0.3) is 0 Å². The summed E-state index contributed by atoms with van der Waals surface area (Å²) in [6.45, 7) is 28.5. The van der Waals surface area contributed by atoms with Gasteiger partial charge in [0, 0.05) is 18.1 Å². The van der Waals surface area contributed by atoms with E-state index < -0.39 is 8.80 Å². The van der Waals surface area contributed by atoms with Gasteiger partial charge in [-0.3, -0.25) is 0 Å². The van der Waals surface area contributed by atoms with E-state index in [1.165, 1.54) is 75.4 Å². The van der Waals surface area contributed by atoms with Crippen molar-refractivity contribution in [2.45, 2.75) is 149 Å². The molecule has 0 amide bonds. The van der Waals surface area contributed by atoms with Crippen molar-refractivity contribution in [3.63, 3.8) is 0 Å². The Morgan fingerprint density at radius 1 is 0.590 bits per heavy atom. The van der Waals surface area contributed by atoms with Crippen LogP contribution >= 0.6 is 0 Å². The summed E-state index contributed by atoms with van der Waals surface area (Å²) >= 11 is 0. The van der Waals surface area contributed by atoms with Crippen molar-refractivity contribution in [2.24, 2.45) is 5.92 Å². The first-order valence-electron chi connectivity index (χ1n) is 23.4. The largest absolute Gasteiger partial charge is 0.376 e. The molecule has 0 saturated heterocycles. The lowest BCUT2D eigenvalue weighted by atomic mass is 9.85. The maximum absolute atomic E-state index is 6.08. The first-order chi connectivity index (χ1) is 28.9. The van der Waals surface area contributed by atoms with E-state index in [0.29, 0.717) is 17.4 Å². The van der Waals surface area contributed by atoms with E-state index in [-0.39, 0.29) is 16.4 Å². The third kappa shape index (κ3) is 10.0. The first-order valence-corrected chi connectivity index (χ1v) is 25.1. The molecule has 0 N–H and O–H groups in total. The van der Waals surface area contributed by atoms with Gasteiger partial charge in [0.05, 0.1) is 14.4 Å². The van der Waals surface area contributed by atoms with Gasteiger partial charge in [0.2, 0.25) is 0 Å². The van der Waals surface area contributed by atoms with Crippen molar-refractivity contribution >= 4 is 25.6 Å². The standard InChI is InChI=1S/C59H73OSi/c1-40(2)52-38-53-48(42-29-33-44(34-30-42)57(4,5)6)25-20-27-50(53)54(52)39-61(46-22-16-15-17-23-46)56-41(3)47(24-18-13-14-19-37-60-59(10,11)12)55-49(26-21-28-51(55)56)43-31-35-45(36-32-43)58(7,8)9/h15-17,20-23,25-36,38,40,54,56H,13-14,18-19,24,37,39H2,1-12H3. The zero-order valence-electron chi connectivity index (χ0n) is 39.6. The highest BCUT2D eigenvalue weighted by Crippen LogP contribution is 2.53. The molecule has 61 heavy (non-hydrogen) atoms. The Morgan fingerprint density at radius 3 is 1.72 bits per heavy atom. The third-order valence-electron chi connectivity index (χ3n) is 13.4. The van der Waals surface area contributed by atoms with Crippen LogP contribution in [0.3, 0.4) is 0 Å². The molecule has 5 aromatic rings. The zero-order chi connectivity index (χ0) is 43.7. The molecule has 0 spiro atoms. The summed E-state index contributed by atoms with van der Waals surface area (Å²) < 4.78 is 6.08. The highest BCUT2D eigenvalue weighted by atomic mass is 28.3. The number of allylic oxidation sites excluding steroid dienone is 3. The number of fused-ring (bicyclic) bond motifs is 2. The van der Waals surface area contributed by atoms with Gasteiger partial charge in [-0.15, -0.1) is 0 Å². The predicted octanol–water partition coefficient (Wildman–Crippen LogP) is 16.0. The number of hydrogen-bond acceptors (Lipinski definition) is 1. The Labute approximate surface area is 372 Å². The lowest BCUT2D eigenvalue weighted by molar-refractivity contribution is -0.00473. The summed E-state index contributed by atoms with van der Waals surface area (Å²) in [6, 6.07) is 46.1. The molecule has 0 saturated carbocycles. The molecular weight excluding hydrogens is 753 g/mol. The Bertz CT molecular complexity index is 2340. The zero-order valence-corrected chi connectivity index (χ0v) is 40.6. The summed E-state index contributed by atoms with van der Waals surface area (Å²) in [5.74, 6) is 0.855. The monoisotopic (exact) mass is 826 g/mol. The van der Waals surface area contributed by atoms with Crippen molar-refractivity contribution in [2.75, 3.05) is 6.61 Å². The van der Waals surface area contributed by atoms with Crippen LogP contribution in [0.2, 0.25) is 6.04 Å². The van der Waals surface area contributed by atoms with Crippen LogP contribution in [0.15, 0.2) is 126 Å². The topological polar surface area (TPSA) is 9.23 Å². The van der Waals surface area contributed by atoms with E-state index >= 15 is 0 Å². The second-order valence-electron chi connectivity index (χ2n) is 21.4. The van der Waals surface area contributed by atoms with Gasteiger partial charge in [-0.25, -0.2) is 0 Å². The maximum atomic E-state index is 6.08. The van der Waals surface area contributed by atoms with Gasteiger partial charge < -0.3 is 4.74 Å². The van der Waals surface area contributed by atoms with E-state index in [1.54, 1.807) is 27.5 Å². The van der Waals surface area contributed by atoms with Gasteiger partial charge in [-0.1, -0.05) is 206 Å². The maximum Gasteiger partial charge on any atom is 0.0989 e. The average Bonchev–Trinajstić information content (AvgIpc) is 3.73. The number of rotatable bonds is 14. The van der Waals surface area contributed by atoms with Crippen molar-refractivity contribution in [1.29, 1.82) is 0 Å². The normalized spacial score (nSPS) is 16.7.